The average molecular weight is 300 g/mol. The van der Waals surface area contributed by atoms with Crippen LogP contribution in [0.3, 0.4) is 0 Å². The Labute approximate surface area is 134 Å². The monoisotopic (exact) mass is 300 g/mol. The summed E-state index contributed by atoms with van der Waals surface area (Å²) in [5.41, 5.74) is 1.77. The van der Waals surface area contributed by atoms with Gasteiger partial charge in [0.25, 0.3) is 0 Å². The highest BCUT2D eigenvalue weighted by atomic mass is 16.3. The van der Waals surface area contributed by atoms with Gasteiger partial charge in [0.15, 0.2) is 0 Å². The summed E-state index contributed by atoms with van der Waals surface area (Å²) in [6.07, 6.45) is 1.13. The highest BCUT2D eigenvalue weighted by Gasteiger charge is 2.26. The molecule has 0 atom stereocenters. The third-order valence-corrected chi connectivity index (χ3v) is 3.38. The number of para-hydroxylation sites is 1. The molecule has 0 saturated heterocycles. The Balaban J connectivity index is 0.000000287. The summed E-state index contributed by atoms with van der Waals surface area (Å²) in [5.74, 6) is 0.660. The van der Waals surface area contributed by atoms with Gasteiger partial charge in [-0.2, -0.15) is 0 Å². The lowest BCUT2D eigenvalue weighted by Gasteiger charge is -2.33. The first kappa shape index (κ1) is 18.1. The molecule has 0 radical (unpaired) electrons. The Morgan fingerprint density at radius 3 is 1.50 bits per heavy atom. The zero-order valence-electron chi connectivity index (χ0n) is 14.3. The van der Waals surface area contributed by atoms with Crippen LogP contribution in [0.1, 0.15) is 46.6 Å². The molecule has 2 N–H and O–H groups in total. The van der Waals surface area contributed by atoms with Crippen LogP contribution in [0.25, 0.3) is 0 Å². The predicted molar refractivity (Wildman–Crippen MR) is 93.3 cm³/mol. The van der Waals surface area contributed by atoms with Crippen LogP contribution in [0.5, 0.6) is 11.5 Å². The Kier molecular flexibility index (Phi) is 6.04. The van der Waals surface area contributed by atoms with Crippen molar-refractivity contribution < 1.29 is 10.2 Å². The Morgan fingerprint density at radius 2 is 1.14 bits per heavy atom. The molecule has 0 heterocycles. The van der Waals surface area contributed by atoms with E-state index in [1.807, 2.05) is 18.2 Å². The van der Waals surface area contributed by atoms with E-state index in [0.29, 0.717) is 16.9 Å². The molecule has 0 fully saturated rings. The first-order chi connectivity index (χ1) is 10.1. The highest BCUT2D eigenvalue weighted by molar-refractivity contribution is 5.30. The van der Waals surface area contributed by atoms with Crippen LogP contribution in [-0.2, 0) is 5.41 Å². The van der Waals surface area contributed by atoms with E-state index in [9.17, 15) is 5.11 Å². The molecule has 2 aromatic rings. The molecule has 120 valence electrons. The predicted octanol–water partition coefficient (Wildman–Crippen LogP) is 5.50. The minimum atomic E-state index is 0.159. The lowest BCUT2D eigenvalue weighted by molar-refractivity contribution is 0.284. The number of hydrogen-bond acceptors (Lipinski definition) is 2. The maximum absolute atomic E-state index is 9.25. The summed E-state index contributed by atoms with van der Waals surface area (Å²) < 4.78 is 0. The largest absolute Gasteiger partial charge is 0.508 e. The zero-order valence-corrected chi connectivity index (χ0v) is 14.3. The van der Waals surface area contributed by atoms with E-state index in [2.05, 4.69) is 34.6 Å². The van der Waals surface area contributed by atoms with Crippen LogP contribution in [0.4, 0.5) is 0 Å². The Morgan fingerprint density at radius 1 is 0.682 bits per heavy atom. The fourth-order valence-corrected chi connectivity index (χ4v) is 2.77. The molecule has 0 amide bonds. The first-order valence-electron chi connectivity index (χ1n) is 7.64. The maximum Gasteiger partial charge on any atom is 0.115 e. The SMILES string of the molecule is CC(C)(C)CC(C)(C)c1ccc(O)cc1.Oc1ccccc1. The lowest BCUT2D eigenvalue weighted by atomic mass is 9.72. The molecule has 0 aromatic heterocycles. The van der Waals surface area contributed by atoms with E-state index >= 15 is 0 Å². The van der Waals surface area contributed by atoms with E-state index in [4.69, 9.17) is 5.11 Å². The smallest absolute Gasteiger partial charge is 0.115 e. The van der Waals surface area contributed by atoms with Crippen molar-refractivity contribution in [3.8, 4) is 11.5 Å². The van der Waals surface area contributed by atoms with Gasteiger partial charge >= 0.3 is 0 Å². The molecule has 0 bridgehead atoms. The lowest BCUT2D eigenvalue weighted by Crippen LogP contribution is -2.24. The molecular weight excluding hydrogens is 272 g/mol. The molecule has 2 nitrogen and oxygen atoms in total. The first-order valence-corrected chi connectivity index (χ1v) is 7.64. The normalized spacial score (nSPS) is 11.5. The minimum absolute atomic E-state index is 0.159. The van der Waals surface area contributed by atoms with Gasteiger partial charge in [-0.15, -0.1) is 0 Å². The second kappa shape index (κ2) is 7.35. The summed E-state index contributed by atoms with van der Waals surface area (Å²) in [6.45, 7) is 11.3. The summed E-state index contributed by atoms with van der Waals surface area (Å²) >= 11 is 0. The average Bonchev–Trinajstić information content (AvgIpc) is 2.38. The van der Waals surface area contributed by atoms with Crippen LogP contribution in [0, 0.1) is 5.41 Å². The van der Waals surface area contributed by atoms with E-state index in [1.165, 1.54) is 5.56 Å². The van der Waals surface area contributed by atoms with Gasteiger partial charge in [-0.25, -0.2) is 0 Å². The second-order valence-corrected chi connectivity index (χ2v) is 7.50. The molecule has 2 aromatic carbocycles. The van der Waals surface area contributed by atoms with Crippen molar-refractivity contribution in [2.24, 2.45) is 5.41 Å². The highest BCUT2D eigenvalue weighted by Crippen LogP contribution is 2.36. The van der Waals surface area contributed by atoms with E-state index in [0.717, 1.165) is 6.42 Å². The molecule has 0 aliphatic heterocycles. The summed E-state index contributed by atoms with van der Waals surface area (Å²) in [7, 11) is 0. The van der Waals surface area contributed by atoms with Gasteiger partial charge in [0.05, 0.1) is 0 Å². The number of benzene rings is 2. The van der Waals surface area contributed by atoms with Gasteiger partial charge in [-0.1, -0.05) is 65.0 Å². The van der Waals surface area contributed by atoms with Gasteiger partial charge in [-0.3, -0.25) is 0 Å². The molecule has 0 unspecified atom stereocenters. The van der Waals surface area contributed by atoms with Crippen molar-refractivity contribution in [1.29, 1.82) is 0 Å². The summed E-state index contributed by atoms with van der Waals surface area (Å²) in [4.78, 5) is 0. The van der Waals surface area contributed by atoms with Gasteiger partial charge in [-0.05, 0) is 47.1 Å². The van der Waals surface area contributed by atoms with E-state index < -0.39 is 0 Å². The second-order valence-electron chi connectivity index (χ2n) is 7.50. The van der Waals surface area contributed by atoms with Crippen molar-refractivity contribution in [2.45, 2.75) is 46.5 Å². The van der Waals surface area contributed by atoms with Crippen molar-refractivity contribution in [3.05, 3.63) is 60.2 Å². The Hall–Kier alpha value is -1.96. The fraction of sp³-hybridized carbons (Fsp3) is 0.400. The van der Waals surface area contributed by atoms with Crippen molar-refractivity contribution >= 4 is 0 Å². The van der Waals surface area contributed by atoms with Crippen LogP contribution in [-0.4, -0.2) is 10.2 Å². The summed E-state index contributed by atoms with van der Waals surface area (Å²) in [5, 5.41) is 17.9. The topological polar surface area (TPSA) is 40.5 Å². The van der Waals surface area contributed by atoms with Gasteiger partial charge in [0.1, 0.15) is 11.5 Å². The number of phenols is 2. The third kappa shape index (κ3) is 6.66. The molecule has 0 spiro atoms. The number of rotatable bonds is 2. The van der Waals surface area contributed by atoms with Crippen LogP contribution < -0.4 is 0 Å². The van der Waals surface area contributed by atoms with Gasteiger partial charge in [0, 0.05) is 0 Å². The van der Waals surface area contributed by atoms with Gasteiger partial charge < -0.3 is 10.2 Å². The van der Waals surface area contributed by atoms with Crippen molar-refractivity contribution in [3.63, 3.8) is 0 Å². The Bertz CT molecular complexity index is 549. The molecule has 2 rings (SSSR count). The summed E-state index contributed by atoms with van der Waals surface area (Å²) in [6, 6.07) is 16.3. The van der Waals surface area contributed by atoms with Crippen molar-refractivity contribution in [2.75, 3.05) is 0 Å². The molecule has 2 heteroatoms. The van der Waals surface area contributed by atoms with Crippen LogP contribution >= 0.6 is 0 Å². The molecule has 22 heavy (non-hydrogen) atoms. The molecule has 0 saturated carbocycles. The zero-order chi connectivity index (χ0) is 16.8. The van der Waals surface area contributed by atoms with Gasteiger partial charge in [0.2, 0.25) is 0 Å². The molecule has 0 aliphatic carbocycles. The fourth-order valence-electron chi connectivity index (χ4n) is 2.77. The molecule has 0 aliphatic rings. The van der Waals surface area contributed by atoms with Crippen LogP contribution in [0.2, 0.25) is 0 Å². The van der Waals surface area contributed by atoms with Crippen molar-refractivity contribution in [1.82, 2.24) is 0 Å². The molecular formula is C20H28O2. The van der Waals surface area contributed by atoms with E-state index in [1.54, 1.807) is 36.4 Å². The quantitative estimate of drug-likeness (QED) is 0.769. The standard InChI is InChI=1S/C14H22O.C6H6O/c1-13(2,3)10-14(4,5)11-6-8-12(15)9-7-11;7-6-4-2-1-3-5-6/h6-9,15H,10H2,1-5H3;1-5,7H. The number of phenolic OH excluding ortho intramolecular Hbond substituents is 2. The minimum Gasteiger partial charge on any atom is -0.508 e. The maximum atomic E-state index is 9.25. The van der Waals surface area contributed by atoms with Crippen LogP contribution in [0.15, 0.2) is 54.6 Å². The van der Waals surface area contributed by atoms with E-state index in [-0.39, 0.29) is 5.41 Å². The third-order valence-electron chi connectivity index (χ3n) is 3.38. The number of aromatic hydroxyl groups is 2. The number of hydrogen-bond donors (Lipinski definition) is 2.